The number of aromatic nitrogens is 2. The highest BCUT2D eigenvalue weighted by Crippen LogP contribution is 2.39. The summed E-state index contributed by atoms with van der Waals surface area (Å²) in [7, 11) is 0. The fraction of sp³-hybridized carbons (Fsp3) is 0.440. The molecule has 4 rings (SSSR count). The summed E-state index contributed by atoms with van der Waals surface area (Å²) in [5, 5.41) is 4.21. The lowest BCUT2D eigenvalue weighted by Gasteiger charge is -2.44. The first-order valence-corrected chi connectivity index (χ1v) is 11.8. The van der Waals surface area contributed by atoms with Crippen LogP contribution < -0.4 is 10.1 Å². The van der Waals surface area contributed by atoms with Crippen LogP contribution in [0.4, 0.5) is 15.9 Å². The second kappa shape index (κ2) is 9.79. The first-order chi connectivity index (χ1) is 15.8. The molecule has 8 heteroatoms. The fourth-order valence-electron chi connectivity index (χ4n) is 4.44. The fourth-order valence-corrected chi connectivity index (χ4v) is 4.62. The summed E-state index contributed by atoms with van der Waals surface area (Å²) < 4.78 is 19.7. The van der Waals surface area contributed by atoms with Crippen molar-refractivity contribution >= 4 is 34.0 Å². The van der Waals surface area contributed by atoms with Gasteiger partial charge >= 0.3 is 0 Å². The number of fused-ring (bicyclic) bond motifs is 1. The Kier molecular flexibility index (Phi) is 7.02. The van der Waals surface area contributed by atoms with Crippen molar-refractivity contribution in [2.75, 3.05) is 44.6 Å². The number of benzene rings is 2. The van der Waals surface area contributed by atoms with Crippen molar-refractivity contribution in [3.8, 4) is 5.75 Å². The summed E-state index contributed by atoms with van der Waals surface area (Å²) in [6, 6.07) is 8.65. The van der Waals surface area contributed by atoms with E-state index in [1.807, 2.05) is 13.0 Å². The molecule has 0 saturated carbocycles. The number of hydrogen-bond acceptors (Lipinski definition) is 6. The highest BCUT2D eigenvalue weighted by molar-refractivity contribution is 6.31. The van der Waals surface area contributed by atoms with Gasteiger partial charge in [-0.2, -0.15) is 0 Å². The van der Waals surface area contributed by atoms with Crippen molar-refractivity contribution < 1.29 is 9.13 Å². The molecule has 0 amide bonds. The zero-order valence-electron chi connectivity index (χ0n) is 19.7. The zero-order chi connectivity index (χ0) is 23.6. The van der Waals surface area contributed by atoms with Crippen molar-refractivity contribution in [2.45, 2.75) is 33.2 Å². The maximum atomic E-state index is 13.6. The molecule has 2 aromatic carbocycles. The van der Waals surface area contributed by atoms with Gasteiger partial charge in [-0.15, -0.1) is 0 Å². The monoisotopic (exact) mass is 471 g/mol. The molecule has 1 N–H and O–H groups in total. The smallest absolute Gasteiger partial charge is 0.141 e. The Morgan fingerprint density at radius 2 is 1.85 bits per heavy atom. The van der Waals surface area contributed by atoms with Crippen LogP contribution in [-0.2, 0) is 5.54 Å². The van der Waals surface area contributed by atoms with Gasteiger partial charge in [-0.25, -0.2) is 14.4 Å². The number of nitrogens with zero attached hydrogens (tertiary/aromatic N) is 4. The standard InChI is InChI=1S/C25H31ClFN5O/c1-5-31-9-11-32(12-10-31)25(3,4)19-14-18-22(15-23(19)33-6-2)28-16-29-24(18)30-17-7-8-21(27)20(26)13-17/h7-8,13-16H,5-6,9-12H2,1-4H3,(H,28,29,30). The van der Waals surface area contributed by atoms with Crippen LogP contribution in [0.5, 0.6) is 5.75 Å². The molecule has 0 atom stereocenters. The predicted molar refractivity (Wildman–Crippen MR) is 132 cm³/mol. The first kappa shape index (κ1) is 23.7. The average Bonchev–Trinajstić information content (AvgIpc) is 2.81. The summed E-state index contributed by atoms with van der Waals surface area (Å²) in [4.78, 5) is 13.9. The van der Waals surface area contributed by atoms with E-state index in [1.165, 1.54) is 12.4 Å². The summed E-state index contributed by atoms with van der Waals surface area (Å²) in [6.45, 7) is 14.4. The summed E-state index contributed by atoms with van der Waals surface area (Å²) >= 11 is 5.97. The van der Waals surface area contributed by atoms with Gasteiger partial charge in [0.25, 0.3) is 0 Å². The topological polar surface area (TPSA) is 53.5 Å². The van der Waals surface area contributed by atoms with Gasteiger partial charge in [0.1, 0.15) is 23.7 Å². The minimum atomic E-state index is -0.455. The van der Waals surface area contributed by atoms with E-state index in [1.54, 1.807) is 12.1 Å². The summed E-state index contributed by atoms with van der Waals surface area (Å²) in [5.41, 5.74) is 2.29. The number of piperazine rings is 1. The number of hydrogen-bond donors (Lipinski definition) is 1. The molecule has 1 aliphatic heterocycles. The Morgan fingerprint density at radius 1 is 1.09 bits per heavy atom. The van der Waals surface area contributed by atoms with Crippen molar-refractivity contribution in [3.05, 3.63) is 53.1 Å². The van der Waals surface area contributed by atoms with E-state index in [2.05, 4.69) is 51.9 Å². The van der Waals surface area contributed by atoms with Crippen LogP contribution in [0.1, 0.15) is 33.3 Å². The highest BCUT2D eigenvalue weighted by atomic mass is 35.5. The molecule has 1 fully saturated rings. The van der Waals surface area contributed by atoms with E-state index in [-0.39, 0.29) is 10.6 Å². The van der Waals surface area contributed by atoms with Crippen molar-refractivity contribution in [1.29, 1.82) is 0 Å². The molecular formula is C25H31ClFN5O. The van der Waals surface area contributed by atoms with Crippen LogP contribution in [0.15, 0.2) is 36.7 Å². The number of ether oxygens (including phenoxy) is 1. The second-order valence-corrected chi connectivity index (χ2v) is 9.16. The Labute approximate surface area is 199 Å². The van der Waals surface area contributed by atoms with Gasteiger partial charge in [0, 0.05) is 54.4 Å². The van der Waals surface area contributed by atoms with E-state index in [9.17, 15) is 4.39 Å². The molecule has 1 saturated heterocycles. The zero-order valence-corrected chi connectivity index (χ0v) is 20.4. The van der Waals surface area contributed by atoms with E-state index in [0.29, 0.717) is 18.1 Å². The highest BCUT2D eigenvalue weighted by Gasteiger charge is 2.34. The number of nitrogens with one attached hydrogen (secondary N) is 1. The molecule has 2 heterocycles. The van der Waals surface area contributed by atoms with Gasteiger partial charge in [0.05, 0.1) is 17.1 Å². The SMILES string of the molecule is CCOc1cc2ncnc(Nc3ccc(F)c(Cl)c3)c2cc1C(C)(C)N1CCN(CC)CC1. The third kappa shape index (κ3) is 4.90. The maximum Gasteiger partial charge on any atom is 0.141 e. The van der Waals surface area contributed by atoms with Crippen LogP contribution in [0.3, 0.4) is 0 Å². The molecule has 176 valence electrons. The second-order valence-electron chi connectivity index (χ2n) is 8.76. The maximum absolute atomic E-state index is 13.6. The average molecular weight is 472 g/mol. The molecule has 1 aliphatic rings. The Hall–Kier alpha value is -2.48. The molecule has 0 aliphatic carbocycles. The molecule has 0 bridgehead atoms. The van der Waals surface area contributed by atoms with Crippen LogP contribution in [0.25, 0.3) is 10.9 Å². The Bertz CT molecular complexity index is 1130. The van der Waals surface area contributed by atoms with Crippen LogP contribution in [0.2, 0.25) is 5.02 Å². The van der Waals surface area contributed by atoms with Gasteiger partial charge in [-0.3, -0.25) is 4.90 Å². The quantitative estimate of drug-likeness (QED) is 0.495. The van der Waals surface area contributed by atoms with Gasteiger partial charge in [-0.1, -0.05) is 18.5 Å². The normalized spacial score (nSPS) is 15.7. The van der Waals surface area contributed by atoms with E-state index >= 15 is 0 Å². The third-order valence-corrected chi connectivity index (χ3v) is 6.78. The molecular weight excluding hydrogens is 441 g/mol. The van der Waals surface area contributed by atoms with Gasteiger partial charge < -0.3 is 15.0 Å². The number of halogens is 2. The molecule has 6 nitrogen and oxygen atoms in total. The Morgan fingerprint density at radius 3 is 2.52 bits per heavy atom. The van der Waals surface area contributed by atoms with E-state index in [4.69, 9.17) is 16.3 Å². The molecule has 33 heavy (non-hydrogen) atoms. The van der Waals surface area contributed by atoms with Crippen LogP contribution in [-0.4, -0.2) is 59.1 Å². The van der Waals surface area contributed by atoms with Crippen molar-refractivity contribution in [3.63, 3.8) is 0 Å². The summed E-state index contributed by atoms with van der Waals surface area (Å²) in [6.07, 6.45) is 1.51. The molecule has 3 aromatic rings. The Balaban J connectivity index is 1.75. The third-order valence-electron chi connectivity index (χ3n) is 6.49. The molecule has 0 spiro atoms. The number of likely N-dealkylation sites (N-methyl/N-ethyl adjacent to an activating group) is 1. The summed E-state index contributed by atoms with van der Waals surface area (Å²) in [5.74, 6) is 1.02. The van der Waals surface area contributed by atoms with Gasteiger partial charge in [-0.05, 0) is 51.6 Å². The minimum Gasteiger partial charge on any atom is -0.493 e. The number of rotatable bonds is 7. The number of anilines is 2. The molecule has 0 unspecified atom stereocenters. The van der Waals surface area contributed by atoms with Crippen LogP contribution in [0, 0.1) is 5.82 Å². The van der Waals surface area contributed by atoms with Crippen molar-refractivity contribution in [1.82, 2.24) is 19.8 Å². The van der Waals surface area contributed by atoms with Crippen molar-refractivity contribution in [2.24, 2.45) is 0 Å². The molecule has 1 aromatic heterocycles. The van der Waals surface area contributed by atoms with Gasteiger partial charge in [0.15, 0.2) is 0 Å². The van der Waals surface area contributed by atoms with E-state index < -0.39 is 5.82 Å². The largest absolute Gasteiger partial charge is 0.493 e. The lowest BCUT2D eigenvalue weighted by Crippen LogP contribution is -2.53. The minimum absolute atomic E-state index is 0.0602. The first-order valence-electron chi connectivity index (χ1n) is 11.4. The van der Waals surface area contributed by atoms with Crippen LogP contribution >= 0.6 is 11.6 Å². The molecule has 0 radical (unpaired) electrons. The van der Waals surface area contributed by atoms with E-state index in [0.717, 1.165) is 54.9 Å². The van der Waals surface area contributed by atoms with Gasteiger partial charge in [0.2, 0.25) is 0 Å². The predicted octanol–water partition coefficient (Wildman–Crippen LogP) is 5.44. The lowest BCUT2D eigenvalue weighted by molar-refractivity contribution is 0.0510. The lowest BCUT2D eigenvalue weighted by atomic mass is 9.89.